The zero-order valence-corrected chi connectivity index (χ0v) is 14.2. The summed E-state index contributed by atoms with van der Waals surface area (Å²) in [7, 11) is 0. The van der Waals surface area contributed by atoms with Crippen molar-refractivity contribution in [3.05, 3.63) is 65.0 Å². The summed E-state index contributed by atoms with van der Waals surface area (Å²) in [6.45, 7) is 1.54. The molecule has 0 unspecified atom stereocenters. The third kappa shape index (κ3) is 3.17. The minimum Gasteiger partial charge on any atom is -0.486 e. The van der Waals surface area contributed by atoms with Crippen LogP contribution in [-0.4, -0.2) is 13.2 Å². The van der Waals surface area contributed by atoms with E-state index in [-0.39, 0.29) is 0 Å². The smallest absolute Gasteiger partial charge is 0.192 e. The van der Waals surface area contributed by atoms with Gasteiger partial charge in [-0.25, -0.2) is 0 Å². The van der Waals surface area contributed by atoms with E-state index in [1.807, 2.05) is 53.9 Å². The number of hydrogen-bond donors (Lipinski definition) is 0. The van der Waals surface area contributed by atoms with Crippen LogP contribution < -0.4 is 14.2 Å². The number of fused-ring (bicyclic) bond motifs is 1. The molecule has 0 fully saturated rings. The standard InChI is InChI=1S/C20H15NO3S/c21-11-16-17(15-6-7-18-19(10-15)23-9-8-22-18)13-25-20(16)24-12-14-4-2-1-3-5-14/h1-7,10,13H,8-9,12H2. The van der Waals surface area contributed by atoms with Crippen molar-refractivity contribution in [2.24, 2.45) is 0 Å². The number of thiophene rings is 1. The van der Waals surface area contributed by atoms with Gasteiger partial charge >= 0.3 is 0 Å². The van der Waals surface area contributed by atoms with Crippen LogP contribution in [0.4, 0.5) is 0 Å². The van der Waals surface area contributed by atoms with Crippen LogP contribution in [0.2, 0.25) is 0 Å². The maximum atomic E-state index is 9.61. The maximum Gasteiger partial charge on any atom is 0.192 e. The van der Waals surface area contributed by atoms with Crippen LogP contribution in [0.5, 0.6) is 16.6 Å². The van der Waals surface area contributed by atoms with E-state index >= 15 is 0 Å². The summed E-state index contributed by atoms with van der Waals surface area (Å²) >= 11 is 1.44. The Labute approximate surface area is 149 Å². The van der Waals surface area contributed by atoms with E-state index < -0.39 is 0 Å². The minimum atomic E-state index is 0.441. The highest BCUT2D eigenvalue weighted by Gasteiger charge is 2.18. The van der Waals surface area contributed by atoms with Gasteiger partial charge in [0.15, 0.2) is 16.6 Å². The second-order valence-electron chi connectivity index (χ2n) is 5.56. The first-order valence-corrected chi connectivity index (χ1v) is 8.81. The molecule has 2 aromatic carbocycles. The van der Waals surface area contributed by atoms with Crippen molar-refractivity contribution in [2.75, 3.05) is 13.2 Å². The lowest BCUT2D eigenvalue weighted by Crippen LogP contribution is -2.15. The van der Waals surface area contributed by atoms with Crippen LogP contribution in [-0.2, 0) is 6.61 Å². The van der Waals surface area contributed by atoms with Crippen molar-refractivity contribution in [3.63, 3.8) is 0 Å². The Balaban J connectivity index is 1.61. The quantitative estimate of drug-likeness (QED) is 0.689. The minimum absolute atomic E-state index is 0.441. The molecule has 4 nitrogen and oxygen atoms in total. The summed E-state index contributed by atoms with van der Waals surface area (Å²) in [5.74, 6) is 1.45. The molecule has 25 heavy (non-hydrogen) atoms. The van der Waals surface area contributed by atoms with Gasteiger partial charge in [0.05, 0.1) is 0 Å². The van der Waals surface area contributed by atoms with Gasteiger partial charge in [0.2, 0.25) is 0 Å². The number of benzene rings is 2. The van der Waals surface area contributed by atoms with Crippen LogP contribution >= 0.6 is 11.3 Å². The van der Waals surface area contributed by atoms with Crippen molar-refractivity contribution in [1.29, 1.82) is 5.26 Å². The molecule has 0 N–H and O–H groups in total. The second-order valence-corrected chi connectivity index (χ2v) is 6.40. The Bertz CT molecular complexity index is 928. The van der Waals surface area contributed by atoms with Gasteiger partial charge in [-0.15, -0.1) is 11.3 Å². The van der Waals surface area contributed by atoms with Crippen LogP contribution in [0, 0.1) is 11.3 Å². The fraction of sp³-hybridized carbons (Fsp3) is 0.150. The first-order valence-electron chi connectivity index (χ1n) is 7.93. The Morgan fingerprint density at radius 2 is 1.84 bits per heavy atom. The number of hydrogen-bond acceptors (Lipinski definition) is 5. The molecule has 3 aromatic rings. The number of nitrogens with zero attached hydrogens (tertiary/aromatic N) is 1. The van der Waals surface area contributed by atoms with Crippen molar-refractivity contribution in [2.45, 2.75) is 6.61 Å². The fourth-order valence-electron chi connectivity index (χ4n) is 2.70. The highest BCUT2D eigenvalue weighted by atomic mass is 32.1. The Morgan fingerprint density at radius 3 is 2.64 bits per heavy atom. The average Bonchev–Trinajstić information content (AvgIpc) is 3.09. The Kier molecular flexibility index (Phi) is 4.28. The van der Waals surface area contributed by atoms with E-state index in [4.69, 9.17) is 14.2 Å². The topological polar surface area (TPSA) is 51.5 Å². The van der Waals surface area contributed by atoms with Crippen molar-refractivity contribution in [1.82, 2.24) is 0 Å². The Morgan fingerprint density at radius 1 is 1.04 bits per heavy atom. The normalized spacial score (nSPS) is 12.4. The summed E-state index contributed by atoms with van der Waals surface area (Å²) in [5, 5.41) is 12.2. The van der Waals surface area contributed by atoms with E-state index in [2.05, 4.69) is 6.07 Å². The molecular weight excluding hydrogens is 334 g/mol. The van der Waals surface area contributed by atoms with Crippen LogP contribution in [0.15, 0.2) is 53.9 Å². The molecule has 0 aliphatic carbocycles. The lowest BCUT2D eigenvalue weighted by molar-refractivity contribution is 0.171. The van der Waals surface area contributed by atoms with Crippen molar-refractivity contribution >= 4 is 11.3 Å². The molecule has 0 saturated heterocycles. The van der Waals surface area contributed by atoms with Gasteiger partial charge in [0, 0.05) is 10.9 Å². The maximum absolute atomic E-state index is 9.61. The molecule has 1 aliphatic heterocycles. The van der Waals surface area contributed by atoms with Gasteiger partial charge in [-0.3, -0.25) is 0 Å². The summed E-state index contributed by atoms with van der Waals surface area (Å²) in [5.41, 5.74) is 3.40. The third-order valence-electron chi connectivity index (χ3n) is 3.94. The van der Waals surface area contributed by atoms with E-state index in [1.165, 1.54) is 11.3 Å². The third-order valence-corrected chi connectivity index (χ3v) is 4.82. The van der Waals surface area contributed by atoms with Crippen molar-refractivity contribution < 1.29 is 14.2 Å². The van der Waals surface area contributed by atoms with Gasteiger partial charge in [0.25, 0.3) is 0 Å². The molecule has 124 valence electrons. The SMILES string of the molecule is N#Cc1c(-c2ccc3c(c2)OCCO3)csc1OCc1ccccc1. The molecule has 1 aromatic heterocycles. The van der Waals surface area contributed by atoms with E-state index in [1.54, 1.807) is 0 Å². The molecule has 0 radical (unpaired) electrons. The van der Waals surface area contributed by atoms with Gasteiger partial charge in [-0.2, -0.15) is 5.26 Å². The largest absolute Gasteiger partial charge is 0.486 e. The molecule has 4 rings (SSSR count). The van der Waals surface area contributed by atoms with Gasteiger partial charge in [-0.05, 0) is 23.3 Å². The Hall–Kier alpha value is -2.97. The summed E-state index contributed by atoms with van der Waals surface area (Å²) in [6, 6.07) is 17.9. The molecule has 5 heteroatoms. The van der Waals surface area contributed by atoms with Gasteiger partial charge < -0.3 is 14.2 Å². The second kappa shape index (κ2) is 6.88. The molecule has 2 heterocycles. The highest BCUT2D eigenvalue weighted by molar-refractivity contribution is 7.12. The average molecular weight is 349 g/mol. The molecule has 1 aliphatic rings. The zero-order chi connectivity index (χ0) is 17.1. The van der Waals surface area contributed by atoms with Gasteiger partial charge in [-0.1, -0.05) is 36.4 Å². The first kappa shape index (κ1) is 15.6. The van der Waals surface area contributed by atoms with Crippen molar-refractivity contribution in [3.8, 4) is 33.8 Å². The molecule has 0 atom stereocenters. The monoisotopic (exact) mass is 349 g/mol. The molecule has 0 saturated carbocycles. The summed E-state index contributed by atoms with van der Waals surface area (Å²) < 4.78 is 17.1. The molecular formula is C20H15NO3S. The van der Waals surface area contributed by atoms with E-state index in [0.717, 1.165) is 22.4 Å². The van der Waals surface area contributed by atoms with E-state index in [0.29, 0.717) is 36.2 Å². The predicted octanol–water partition coefficient (Wildman–Crippen LogP) is 4.64. The predicted molar refractivity (Wildman–Crippen MR) is 96.2 cm³/mol. The number of ether oxygens (including phenoxy) is 3. The summed E-state index contributed by atoms with van der Waals surface area (Å²) in [6.07, 6.45) is 0. The number of nitriles is 1. The summed E-state index contributed by atoms with van der Waals surface area (Å²) in [4.78, 5) is 0. The van der Waals surface area contributed by atoms with Crippen LogP contribution in [0.3, 0.4) is 0 Å². The molecule has 0 bridgehead atoms. The fourth-order valence-corrected chi connectivity index (χ4v) is 3.58. The number of rotatable bonds is 4. The first-order chi connectivity index (χ1) is 12.3. The molecule has 0 spiro atoms. The molecule has 0 amide bonds. The van der Waals surface area contributed by atoms with Crippen LogP contribution in [0.25, 0.3) is 11.1 Å². The van der Waals surface area contributed by atoms with Crippen LogP contribution in [0.1, 0.15) is 11.1 Å². The lowest BCUT2D eigenvalue weighted by atomic mass is 10.0. The highest BCUT2D eigenvalue weighted by Crippen LogP contribution is 2.40. The van der Waals surface area contributed by atoms with E-state index in [9.17, 15) is 5.26 Å². The zero-order valence-electron chi connectivity index (χ0n) is 13.4. The van der Waals surface area contributed by atoms with Gasteiger partial charge in [0.1, 0.15) is 31.5 Å². The lowest BCUT2D eigenvalue weighted by Gasteiger charge is -2.18.